The van der Waals surface area contributed by atoms with E-state index in [1.165, 1.54) is 0 Å². The van der Waals surface area contributed by atoms with Crippen LogP contribution in [0.25, 0.3) is 0 Å². The van der Waals surface area contributed by atoms with Crippen LogP contribution in [0, 0.1) is 0 Å². The molecule has 6 nitrogen and oxygen atoms in total. The van der Waals surface area contributed by atoms with Crippen molar-refractivity contribution in [3.8, 4) is 0 Å². The van der Waals surface area contributed by atoms with Crippen molar-refractivity contribution in [3.63, 3.8) is 0 Å². The van der Waals surface area contributed by atoms with Crippen molar-refractivity contribution in [2.45, 2.75) is 0 Å². The van der Waals surface area contributed by atoms with Crippen molar-refractivity contribution in [1.29, 1.82) is 0 Å². The van der Waals surface area contributed by atoms with Crippen LogP contribution in [0.4, 0.5) is 27.3 Å². The minimum absolute atomic E-state index is 0. The second kappa shape index (κ2) is 4.14. The first-order chi connectivity index (χ1) is 4.18. The van der Waals surface area contributed by atoms with Gasteiger partial charge in [-0.25, -0.2) is 0 Å². The average molecular weight is 166 g/mol. The first kappa shape index (κ1) is 12.0. The minimum atomic E-state index is 0. The molecular formula is C3H8F2N6. The van der Waals surface area contributed by atoms with Crippen LogP contribution < -0.4 is 17.2 Å². The molecule has 6 N–H and O–H groups in total. The fourth-order valence-electron chi connectivity index (χ4n) is 0.427. The normalized spacial score (nSPS) is 7.64. The molecule has 0 amide bonds. The molecule has 11 heavy (non-hydrogen) atoms. The summed E-state index contributed by atoms with van der Waals surface area (Å²) in [6.07, 6.45) is 0. The van der Waals surface area contributed by atoms with Crippen molar-refractivity contribution in [1.82, 2.24) is 15.0 Å². The second-order valence-electron chi connectivity index (χ2n) is 1.41. The highest BCUT2D eigenvalue weighted by Gasteiger charge is 1.93. The zero-order valence-corrected chi connectivity index (χ0v) is 5.39. The monoisotopic (exact) mass is 166 g/mol. The number of nitrogens with zero attached hydrogens (tertiary/aromatic N) is 3. The van der Waals surface area contributed by atoms with E-state index in [0.29, 0.717) is 0 Å². The molecule has 0 saturated heterocycles. The highest BCUT2D eigenvalue weighted by molar-refractivity contribution is 5.33. The van der Waals surface area contributed by atoms with Gasteiger partial charge < -0.3 is 17.2 Å². The molecular weight excluding hydrogens is 158 g/mol. The van der Waals surface area contributed by atoms with Gasteiger partial charge in [0, 0.05) is 0 Å². The van der Waals surface area contributed by atoms with Gasteiger partial charge in [0.15, 0.2) is 0 Å². The van der Waals surface area contributed by atoms with E-state index in [0.717, 1.165) is 0 Å². The highest BCUT2D eigenvalue weighted by Crippen LogP contribution is 1.97. The predicted molar refractivity (Wildman–Crippen MR) is 38.1 cm³/mol. The number of rotatable bonds is 0. The number of hydrogen-bond donors (Lipinski definition) is 3. The summed E-state index contributed by atoms with van der Waals surface area (Å²) < 4.78 is 0. The average Bonchev–Trinajstić information content (AvgIpc) is 1.59. The summed E-state index contributed by atoms with van der Waals surface area (Å²) in [6.45, 7) is 0. The zero-order valence-electron chi connectivity index (χ0n) is 5.39. The molecule has 0 radical (unpaired) electrons. The van der Waals surface area contributed by atoms with Crippen LogP contribution >= 0.6 is 0 Å². The lowest BCUT2D eigenvalue weighted by Crippen LogP contribution is -2.05. The first-order valence-electron chi connectivity index (χ1n) is 2.21. The third-order valence-corrected chi connectivity index (χ3v) is 0.687. The third-order valence-electron chi connectivity index (χ3n) is 0.687. The molecule has 0 bridgehead atoms. The quantitative estimate of drug-likeness (QED) is 0.451. The maximum Gasteiger partial charge on any atom is 0.226 e. The van der Waals surface area contributed by atoms with Crippen LogP contribution in [0.1, 0.15) is 0 Å². The van der Waals surface area contributed by atoms with Crippen LogP contribution in [0.2, 0.25) is 0 Å². The SMILES string of the molecule is F.F.Nc1nc(N)nc(N)n1. The van der Waals surface area contributed by atoms with E-state index in [1.54, 1.807) is 0 Å². The predicted octanol–water partition coefficient (Wildman–Crippen LogP) is -1.08. The zero-order chi connectivity index (χ0) is 6.85. The lowest BCUT2D eigenvalue weighted by Gasteiger charge is -1.93. The highest BCUT2D eigenvalue weighted by atomic mass is 19.0. The molecule has 0 aliphatic rings. The summed E-state index contributed by atoms with van der Waals surface area (Å²) in [4.78, 5) is 10.5. The van der Waals surface area contributed by atoms with E-state index in [9.17, 15) is 0 Å². The first-order valence-corrected chi connectivity index (χ1v) is 2.21. The van der Waals surface area contributed by atoms with E-state index >= 15 is 0 Å². The van der Waals surface area contributed by atoms with Crippen LogP contribution in [-0.4, -0.2) is 15.0 Å². The van der Waals surface area contributed by atoms with E-state index in [-0.39, 0.29) is 27.3 Å². The fraction of sp³-hybridized carbons (Fsp3) is 0. The molecule has 0 saturated carbocycles. The van der Waals surface area contributed by atoms with Gasteiger partial charge in [0.25, 0.3) is 0 Å². The largest absolute Gasteiger partial charge is 0.368 e. The van der Waals surface area contributed by atoms with Crippen molar-refractivity contribution in [3.05, 3.63) is 0 Å². The Morgan fingerprint density at radius 3 is 1.00 bits per heavy atom. The Morgan fingerprint density at radius 2 is 0.818 bits per heavy atom. The molecule has 1 aromatic heterocycles. The van der Waals surface area contributed by atoms with Gasteiger partial charge in [0.2, 0.25) is 17.8 Å². The molecule has 0 unspecified atom stereocenters. The topological polar surface area (TPSA) is 117 Å². The summed E-state index contributed by atoms with van der Waals surface area (Å²) in [5.74, 6) is 0.125. The third kappa shape index (κ3) is 3.08. The molecule has 0 atom stereocenters. The van der Waals surface area contributed by atoms with Gasteiger partial charge in [-0.05, 0) is 0 Å². The molecule has 0 aliphatic heterocycles. The molecule has 0 aliphatic carbocycles. The van der Waals surface area contributed by atoms with Gasteiger partial charge in [-0.15, -0.1) is 0 Å². The van der Waals surface area contributed by atoms with E-state index in [1.807, 2.05) is 0 Å². The molecule has 1 heterocycles. The second-order valence-corrected chi connectivity index (χ2v) is 1.41. The Balaban J connectivity index is 0. The Labute approximate surface area is 60.6 Å². The van der Waals surface area contributed by atoms with Crippen LogP contribution in [-0.2, 0) is 0 Å². The summed E-state index contributed by atoms with van der Waals surface area (Å²) in [5, 5.41) is 0. The molecule has 1 aromatic rings. The van der Waals surface area contributed by atoms with Gasteiger partial charge in [0.1, 0.15) is 0 Å². The summed E-state index contributed by atoms with van der Waals surface area (Å²) in [6, 6.07) is 0. The number of aromatic nitrogens is 3. The van der Waals surface area contributed by atoms with Crippen molar-refractivity contribution in [2.75, 3.05) is 17.2 Å². The maximum absolute atomic E-state index is 5.14. The van der Waals surface area contributed by atoms with Crippen molar-refractivity contribution in [2.24, 2.45) is 0 Å². The molecule has 64 valence electrons. The molecule has 0 fully saturated rings. The fourth-order valence-corrected chi connectivity index (χ4v) is 0.427. The number of nitrogen functional groups attached to an aromatic ring is 3. The van der Waals surface area contributed by atoms with Gasteiger partial charge in [-0.3, -0.25) is 9.41 Å². The Kier molecular flexibility index (Phi) is 4.52. The minimum Gasteiger partial charge on any atom is -0.368 e. The number of nitrogens with two attached hydrogens (primary N) is 3. The Hall–Kier alpha value is -1.73. The summed E-state index contributed by atoms with van der Waals surface area (Å²) in [7, 11) is 0. The molecule has 0 spiro atoms. The number of anilines is 3. The molecule has 1 rings (SSSR count). The number of halogens is 2. The van der Waals surface area contributed by atoms with Crippen LogP contribution in [0.3, 0.4) is 0 Å². The maximum atomic E-state index is 5.14. The van der Waals surface area contributed by atoms with E-state index < -0.39 is 0 Å². The van der Waals surface area contributed by atoms with E-state index in [4.69, 9.17) is 17.2 Å². The molecule has 0 aromatic carbocycles. The van der Waals surface area contributed by atoms with Gasteiger partial charge >= 0.3 is 0 Å². The lowest BCUT2D eigenvalue weighted by atomic mass is 10.9. The number of hydrogen-bond acceptors (Lipinski definition) is 6. The standard InChI is InChI=1S/C3H6N6.2FH/c4-1-7-2(5)9-3(6)8-1;;/h(H6,4,5,6,7,8,9);2*1H. The van der Waals surface area contributed by atoms with Gasteiger partial charge in [0.05, 0.1) is 0 Å². The Morgan fingerprint density at radius 1 is 0.636 bits per heavy atom. The summed E-state index contributed by atoms with van der Waals surface area (Å²) in [5.41, 5.74) is 15.4. The molecule has 8 heteroatoms. The van der Waals surface area contributed by atoms with Crippen molar-refractivity contribution >= 4 is 17.8 Å². The van der Waals surface area contributed by atoms with Gasteiger partial charge in [-0.1, -0.05) is 0 Å². The smallest absolute Gasteiger partial charge is 0.226 e. The van der Waals surface area contributed by atoms with Crippen molar-refractivity contribution < 1.29 is 9.41 Å². The lowest BCUT2D eigenvalue weighted by molar-refractivity contribution is 1.09. The van der Waals surface area contributed by atoms with E-state index in [2.05, 4.69) is 15.0 Å². The van der Waals surface area contributed by atoms with Crippen LogP contribution in [0.15, 0.2) is 0 Å². The van der Waals surface area contributed by atoms with Gasteiger partial charge in [-0.2, -0.15) is 15.0 Å². The van der Waals surface area contributed by atoms with Crippen LogP contribution in [0.5, 0.6) is 0 Å². The Bertz CT molecular complexity index is 177. The summed E-state index contributed by atoms with van der Waals surface area (Å²) >= 11 is 0.